The standard InChI is InChI=1S/C11H12N4O2S/c16-9-2-1-8(10(17)14-9)12-5-7-6-15-3-4-18-11(15)13-7/h3-4,6,8,12H,1-2,5H2,(H,14,16,17). The minimum absolute atomic E-state index is 0.194. The Labute approximate surface area is 107 Å². The predicted octanol–water partition coefficient (Wildman–Crippen LogP) is 0.291. The average molecular weight is 264 g/mol. The van der Waals surface area contributed by atoms with Gasteiger partial charge < -0.3 is 5.32 Å². The number of aromatic nitrogens is 2. The Bertz CT molecular complexity index is 574. The highest BCUT2D eigenvalue weighted by Gasteiger charge is 2.25. The van der Waals surface area contributed by atoms with Crippen LogP contribution in [0.1, 0.15) is 18.5 Å². The first kappa shape index (κ1) is 11.4. The van der Waals surface area contributed by atoms with Crippen LogP contribution in [0.15, 0.2) is 17.8 Å². The lowest BCUT2D eigenvalue weighted by molar-refractivity contribution is -0.134. The third kappa shape index (κ3) is 2.14. The van der Waals surface area contributed by atoms with Gasteiger partial charge in [-0.1, -0.05) is 0 Å². The highest BCUT2D eigenvalue weighted by Crippen LogP contribution is 2.12. The summed E-state index contributed by atoms with van der Waals surface area (Å²) in [6, 6.07) is -0.303. The van der Waals surface area contributed by atoms with Crippen molar-refractivity contribution in [3.05, 3.63) is 23.5 Å². The van der Waals surface area contributed by atoms with Gasteiger partial charge in [-0.25, -0.2) is 4.98 Å². The van der Waals surface area contributed by atoms with E-state index in [4.69, 9.17) is 0 Å². The number of nitrogens with one attached hydrogen (secondary N) is 2. The second kappa shape index (κ2) is 4.51. The number of rotatable bonds is 3. The van der Waals surface area contributed by atoms with E-state index in [1.165, 1.54) is 0 Å². The molecule has 0 radical (unpaired) electrons. The fourth-order valence-electron chi connectivity index (χ4n) is 1.98. The molecule has 1 aliphatic rings. The van der Waals surface area contributed by atoms with Crippen molar-refractivity contribution in [1.82, 2.24) is 20.0 Å². The van der Waals surface area contributed by atoms with Crippen molar-refractivity contribution in [3.8, 4) is 0 Å². The molecular weight excluding hydrogens is 252 g/mol. The Hall–Kier alpha value is -1.73. The summed E-state index contributed by atoms with van der Waals surface area (Å²) < 4.78 is 1.95. The number of imidazole rings is 1. The van der Waals surface area contributed by atoms with Crippen molar-refractivity contribution in [3.63, 3.8) is 0 Å². The molecule has 1 unspecified atom stereocenters. The highest BCUT2D eigenvalue weighted by atomic mass is 32.1. The Kier molecular flexibility index (Phi) is 2.85. The maximum absolute atomic E-state index is 11.5. The van der Waals surface area contributed by atoms with Crippen molar-refractivity contribution < 1.29 is 9.59 Å². The third-order valence-electron chi connectivity index (χ3n) is 2.91. The summed E-state index contributed by atoms with van der Waals surface area (Å²) >= 11 is 1.57. The topological polar surface area (TPSA) is 75.5 Å². The molecule has 0 aromatic carbocycles. The van der Waals surface area contributed by atoms with Gasteiger partial charge in [0.25, 0.3) is 0 Å². The van der Waals surface area contributed by atoms with Crippen molar-refractivity contribution in [2.45, 2.75) is 25.4 Å². The van der Waals surface area contributed by atoms with Crippen molar-refractivity contribution in [2.75, 3.05) is 0 Å². The number of piperidine rings is 1. The summed E-state index contributed by atoms with van der Waals surface area (Å²) in [4.78, 5) is 27.9. The van der Waals surface area contributed by atoms with Crippen LogP contribution in [0.2, 0.25) is 0 Å². The molecule has 1 atom stereocenters. The lowest BCUT2D eigenvalue weighted by Crippen LogP contribution is -2.50. The van der Waals surface area contributed by atoms with E-state index in [0.717, 1.165) is 10.7 Å². The molecule has 0 saturated carbocycles. The number of nitrogens with zero attached hydrogens (tertiary/aromatic N) is 2. The van der Waals surface area contributed by atoms with Gasteiger partial charge in [0, 0.05) is 30.7 Å². The van der Waals surface area contributed by atoms with Crippen molar-refractivity contribution >= 4 is 28.1 Å². The number of hydrogen-bond acceptors (Lipinski definition) is 5. The highest BCUT2D eigenvalue weighted by molar-refractivity contribution is 7.15. The van der Waals surface area contributed by atoms with Gasteiger partial charge in [0.1, 0.15) is 0 Å². The van der Waals surface area contributed by atoms with E-state index in [-0.39, 0.29) is 17.9 Å². The number of thiazole rings is 1. The minimum atomic E-state index is -0.303. The first-order valence-electron chi connectivity index (χ1n) is 5.70. The molecule has 1 aliphatic heterocycles. The van der Waals surface area contributed by atoms with Crippen molar-refractivity contribution in [2.24, 2.45) is 0 Å². The molecule has 0 aliphatic carbocycles. The van der Waals surface area contributed by atoms with Crippen LogP contribution >= 0.6 is 11.3 Å². The zero-order valence-electron chi connectivity index (χ0n) is 9.55. The number of fused-ring (bicyclic) bond motifs is 1. The molecular formula is C11H12N4O2S. The quantitative estimate of drug-likeness (QED) is 0.781. The Morgan fingerprint density at radius 1 is 1.56 bits per heavy atom. The summed E-state index contributed by atoms with van der Waals surface area (Å²) in [5.74, 6) is -0.437. The Morgan fingerprint density at radius 2 is 2.44 bits per heavy atom. The molecule has 2 aromatic heterocycles. The molecule has 0 bridgehead atoms. The first-order valence-corrected chi connectivity index (χ1v) is 6.58. The molecule has 0 spiro atoms. The van der Waals surface area contributed by atoms with Crippen LogP contribution in [0.5, 0.6) is 0 Å². The molecule has 3 heterocycles. The number of carbonyl (C=O) groups excluding carboxylic acids is 2. The second-order valence-corrected chi connectivity index (χ2v) is 5.08. The van der Waals surface area contributed by atoms with Crippen LogP contribution in [0, 0.1) is 0 Å². The second-order valence-electron chi connectivity index (χ2n) is 4.21. The number of hydrogen-bond donors (Lipinski definition) is 2. The van der Waals surface area contributed by atoms with Crippen LogP contribution < -0.4 is 10.6 Å². The maximum Gasteiger partial charge on any atom is 0.243 e. The smallest absolute Gasteiger partial charge is 0.243 e. The fourth-order valence-corrected chi connectivity index (χ4v) is 2.70. The molecule has 94 valence electrons. The summed E-state index contributed by atoms with van der Waals surface area (Å²) in [5.41, 5.74) is 0.895. The van der Waals surface area contributed by atoms with Crippen LogP contribution in [-0.4, -0.2) is 27.2 Å². The fraction of sp³-hybridized carbons (Fsp3) is 0.364. The summed E-state index contributed by atoms with van der Waals surface area (Å²) in [6.07, 6.45) is 4.82. The normalized spacial score (nSPS) is 20.3. The maximum atomic E-state index is 11.5. The Balaban J connectivity index is 1.62. The monoisotopic (exact) mass is 264 g/mol. The van der Waals surface area contributed by atoms with E-state index >= 15 is 0 Å². The number of imide groups is 1. The van der Waals surface area contributed by atoms with E-state index < -0.39 is 0 Å². The molecule has 2 aromatic rings. The van der Waals surface area contributed by atoms with E-state index in [1.54, 1.807) is 11.3 Å². The lowest BCUT2D eigenvalue weighted by Gasteiger charge is -2.21. The molecule has 3 rings (SSSR count). The third-order valence-corrected chi connectivity index (χ3v) is 3.68. The number of carbonyl (C=O) groups is 2. The van der Waals surface area contributed by atoms with Crippen LogP contribution in [0.4, 0.5) is 0 Å². The zero-order chi connectivity index (χ0) is 12.5. The van der Waals surface area contributed by atoms with Gasteiger partial charge in [0.2, 0.25) is 11.8 Å². The molecule has 1 saturated heterocycles. The van der Waals surface area contributed by atoms with E-state index in [1.807, 2.05) is 22.2 Å². The van der Waals surface area contributed by atoms with Crippen molar-refractivity contribution in [1.29, 1.82) is 0 Å². The lowest BCUT2D eigenvalue weighted by atomic mass is 10.1. The van der Waals surface area contributed by atoms with Crippen LogP contribution in [-0.2, 0) is 16.1 Å². The SMILES string of the molecule is O=C1CCC(NCc2cn3ccsc3n2)C(=O)N1. The molecule has 7 heteroatoms. The van der Waals surface area contributed by atoms with Crippen LogP contribution in [0.3, 0.4) is 0 Å². The van der Waals surface area contributed by atoms with Gasteiger partial charge in [-0.15, -0.1) is 11.3 Å². The average Bonchev–Trinajstić information content (AvgIpc) is 2.88. The summed E-state index contributed by atoms with van der Waals surface area (Å²) in [7, 11) is 0. The van der Waals surface area contributed by atoms with Gasteiger partial charge in [-0.3, -0.25) is 19.3 Å². The molecule has 2 N–H and O–H groups in total. The molecule has 1 fully saturated rings. The van der Waals surface area contributed by atoms with E-state index in [9.17, 15) is 9.59 Å². The number of amides is 2. The Morgan fingerprint density at radius 3 is 3.22 bits per heavy atom. The predicted molar refractivity (Wildman–Crippen MR) is 66.1 cm³/mol. The first-order chi connectivity index (χ1) is 8.72. The largest absolute Gasteiger partial charge is 0.300 e. The molecule has 6 nitrogen and oxygen atoms in total. The van der Waals surface area contributed by atoms with Gasteiger partial charge >= 0.3 is 0 Å². The van der Waals surface area contributed by atoms with Gasteiger partial charge in [0.15, 0.2) is 4.96 Å². The van der Waals surface area contributed by atoms with Gasteiger partial charge in [-0.05, 0) is 6.42 Å². The van der Waals surface area contributed by atoms with E-state index in [2.05, 4.69) is 15.6 Å². The molecule has 2 amide bonds. The van der Waals surface area contributed by atoms with Crippen LogP contribution in [0.25, 0.3) is 4.96 Å². The van der Waals surface area contributed by atoms with E-state index in [0.29, 0.717) is 19.4 Å². The summed E-state index contributed by atoms with van der Waals surface area (Å²) in [6.45, 7) is 0.528. The summed E-state index contributed by atoms with van der Waals surface area (Å²) in [5, 5.41) is 7.42. The zero-order valence-corrected chi connectivity index (χ0v) is 10.4. The minimum Gasteiger partial charge on any atom is -0.300 e. The van der Waals surface area contributed by atoms with Gasteiger partial charge in [-0.2, -0.15) is 0 Å². The van der Waals surface area contributed by atoms with Gasteiger partial charge in [0.05, 0.1) is 11.7 Å². The molecule has 18 heavy (non-hydrogen) atoms.